The van der Waals surface area contributed by atoms with E-state index >= 15 is 0 Å². The van der Waals surface area contributed by atoms with Gasteiger partial charge in [0.25, 0.3) is 5.56 Å². The summed E-state index contributed by atoms with van der Waals surface area (Å²) in [6, 6.07) is 9.49. The van der Waals surface area contributed by atoms with E-state index in [0.29, 0.717) is 16.7 Å². The molecule has 0 N–H and O–H groups in total. The zero-order chi connectivity index (χ0) is 26.9. The minimum atomic E-state index is -0.412. The van der Waals surface area contributed by atoms with Crippen molar-refractivity contribution in [2.75, 3.05) is 11.9 Å². The van der Waals surface area contributed by atoms with Crippen LogP contribution in [0.15, 0.2) is 34.3 Å². The van der Waals surface area contributed by atoms with Crippen molar-refractivity contribution in [1.82, 2.24) is 19.3 Å². The first-order chi connectivity index (χ1) is 17.6. The summed E-state index contributed by atoms with van der Waals surface area (Å²) in [5, 5.41) is 28.2. The number of rotatable bonds is 5. The van der Waals surface area contributed by atoms with Crippen LogP contribution in [0.4, 0.5) is 5.69 Å². The molecule has 192 valence electrons. The Morgan fingerprint density at radius 1 is 1.14 bits per heavy atom. The molecule has 0 spiro atoms. The Bertz CT molecular complexity index is 1490. The Morgan fingerprint density at radius 2 is 1.84 bits per heavy atom. The molecule has 1 fully saturated rings. The standard InChI is InChI=1S/C27H32N8O2/c1-27(2,3)37-32-23(22-13-14-30-35(22)6)17-7-10-19(11-8-17)33(4)25-20(16-29)26(36)34(5)21-12-9-18(15-28)31-24(21)25/h9,12-14,17,19H,7-8,10-11H2,1-6H3/b32-23+/t17-,19-. The molecular formula is C27H32N8O2. The highest BCUT2D eigenvalue weighted by molar-refractivity contribution is 6.00. The van der Waals surface area contributed by atoms with Crippen LogP contribution in [0.2, 0.25) is 0 Å². The summed E-state index contributed by atoms with van der Waals surface area (Å²) < 4.78 is 3.23. The third kappa shape index (κ3) is 5.05. The van der Waals surface area contributed by atoms with Gasteiger partial charge in [0, 0.05) is 39.3 Å². The first-order valence-electron chi connectivity index (χ1n) is 12.4. The van der Waals surface area contributed by atoms with Gasteiger partial charge in [-0.25, -0.2) is 4.98 Å². The number of nitrogens with zero attached hydrogens (tertiary/aromatic N) is 8. The number of pyridine rings is 2. The number of hydrogen-bond acceptors (Lipinski definition) is 8. The van der Waals surface area contributed by atoms with Gasteiger partial charge in [0.15, 0.2) is 0 Å². The van der Waals surface area contributed by atoms with Gasteiger partial charge in [0.05, 0.1) is 16.9 Å². The van der Waals surface area contributed by atoms with Gasteiger partial charge >= 0.3 is 0 Å². The maximum atomic E-state index is 13.0. The molecule has 3 aromatic heterocycles. The van der Waals surface area contributed by atoms with E-state index in [4.69, 9.17) is 4.84 Å². The van der Waals surface area contributed by atoms with Crippen LogP contribution in [0.3, 0.4) is 0 Å². The van der Waals surface area contributed by atoms with E-state index in [0.717, 1.165) is 37.1 Å². The van der Waals surface area contributed by atoms with Crippen LogP contribution < -0.4 is 10.5 Å². The third-order valence-corrected chi connectivity index (χ3v) is 6.93. The topological polar surface area (TPSA) is 125 Å². The lowest BCUT2D eigenvalue weighted by atomic mass is 9.81. The van der Waals surface area contributed by atoms with Crippen molar-refractivity contribution >= 4 is 22.4 Å². The summed E-state index contributed by atoms with van der Waals surface area (Å²) in [6.07, 6.45) is 5.12. The molecule has 3 heterocycles. The molecule has 4 rings (SSSR count). The van der Waals surface area contributed by atoms with Gasteiger partial charge in [-0.05, 0) is 64.7 Å². The monoisotopic (exact) mass is 500 g/mol. The first-order valence-corrected chi connectivity index (χ1v) is 12.4. The molecule has 0 saturated heterocycles. The number of aryl methyl sites for hydroxylation is 2. The van der Waals surface area contributed by atoms with Crippen LogP contribution in [0.5, 0.6) is 0 Å². The lowest BCUT2D eigenvalue weighted by Gasteiger charge is -2.37. The summed E-state index contributed by atoms with van der Waals surface area (Å²) in [5.41, 5.74) is 2.86. The smallest absolute Gasteiger partial charge is 0.270 e. The van der Waals surface area contributed by atoms with Gasteiger partial charge in [-0.1, -0.05) is 5.16 Å². The van der Waals surface area contributed by atoms with Crippen LogP contribution in [-0.4, -0.2) is 43.7 Å². The highest BCUT2D eigenvalue weighted by Gasteiger charge is 2.32. The van der Waals surface area contributed by atoms with Crippen molar-refractivity contribution in [2.24, 2.45) is 25.2 Å². The number of aromatic nitrogens is 4. The SMILES string of the molecule is Cn1nccc1/C(=N/OC(C)(C)C)[C@H]1CC[C@H](N(C)c2c(C#N)c(=O)n(C)c3ccc(C#N)nc23)CC1. The lowest BCUT2D eigenvalue weighted by molar-refractivity contribution is -0.000113. The highest BCUT2D eigenvalue weighted by atomic mass is 16.6. The average molecular weight is 501 g/mol. The maximum Gasteiger partial charge on any atom is 0.270 e. The molecule has 0 unspecified atom stereocenters. The van der Waals surface area contributed by atoms with E-state index in [-0.39, 0.29) is 28.8 Å². The summed E-state index contributed by atoms with van der Waals surface area (Å²) in [6.45, 7) is 5.91. The van der Waals surface area contributed by atoms with Gasteiger partial charge in [-0.2, -0.15) is 15.6 Å². The minimum absolute atomic E-state index is 0.0397. The molecule has 0 atom stereocenters. The quantitative estimate of drug-likeness (QED) is 0.387. The van der Waals surface area contributed by atoms with Crippen molar-refractivity contribution in [3.8, 4) is 12.1 Å². The van der Waals surface area contributed by atoms with Crippen LogP contribution in [0, 0.1) is 28.6 Å². The van der Waals surface area contributed by atoms with Gasteiger partial charge in [-0.3, -0.25) is 9.48 Å². The summed E-state index contributed by atoms with van der Waals surface area (Å²) in [7, 11) is 5.42. The number of hydrogen-bond donors (Lipinski definition) is 0. The molecule has 10 nitrogen and oxygen atoms in total. The Balaban J connectivity index is 1.66. The van der Waals surface area contributed by atoms with E-state index in [1.54, 1.807) is 25.4 Å². The molecule has 1 saturated carbocycles. The van der Waals surface area contributed by atoms with Crippen LogP contribution >= 0.6 is 0 Å². The fraction of sp³-hybridized carbons (Fsp3) is 0.481. The Kier molecular flexibility index (Phi) is 7.04. The number of fused-ring (bicyclic) bond motifs is 1. The lowest BCUT2D eigenvalue weighted by Crippen LogP contribution is -2.39. The zero-order valence-electron chi connectivity index (χ0n) is 22.2. The van der Waals surface area contributed by atoms with Crippen LogP contribution in [-0.2, 0) is 18.9 Å². The van der Waals surface area contributed by atoms with E-state index in [1.165, 1.54) is 4.57 Å². The summed E-state index contributed by atoms with van der Waals surface area (Å²) >= 11 is 0. The molecule has 3 aromatic rings. The van der Waals surface area contributed by atoms with Crippen molar-refractivity contribution < 1.29 is 4.84 Å². The Labute approximate surface area is 216 Å². The highest BCUT2D eigenvalue weighted by Crippen LogP contribution is 2.35. The summed E-state index contributed by atoms with van der Waals surface area (Å²) in [4.78, 5) is 25.3. The maximum absolute atomic E-state index is 13.0. The summed E-state index contributed by atoms with van der Waals surface area (Å²) in [5.74, 6) is 0.182. The predicted molar refractivity (Wildman–Crippen MR) is 141 cm³/mol. The molecule has 0 radical (unpaired) electrons. The van der Waals surface area contributed by atoms with E-state index in [2.05, 4.69) is 27.4 Å². The Hall–Kier alpha value is -4.18. The number of nitriles is 2. The molecule has 37 heavy (non-hydrogen) atoms. The van der Waals surface area contributed by atoms with Crippen LogP contribution in [0.1, 0.15) is 63.4 Å². The number of anilines is 1. The second kappa shape index (κ2) is 10.1. The average Bonchev–Trinajstić information content (AvgIpc) is 3.30. The largest absolute Gasteiger partial charge is 0.390 e. The van der Waals surface area contributed by atoms with Gasteiger partial charge in [0.2, 0.25) is 0 Å². The van der Waals surface area contributed by atoms with Gasteiger partial charge in [-0.15, -0.1) is 0 Å². The molecular weight excluding hydrogens is 468 g/mol. The zero-order valence-corrected chi connectivity index (χ0v) is 22.2. The fourth-order valence-corrected chi connectivity index (χ4v) is 4.96. The molecule has 1 aliphatic rings. The predicted octanol–water partition coefficient (Wildman–Crippen LogP) is 3.62. The fourth-order valence-electron chi connectivity index (χ4n) is 4.96. The van der Waals surface area contributed by atoms with E-state index < -0.39 is 5.60 Å². The second-order valence-corrected chi connectivity index (χ2v) is 10.5. The van der Waals surface area contributed by atoms with Crippen molar-refractivity contribution in [1.29, 1.82) is 10.5 Å². The first kappa shape index (κ1) is 25.9. The van der Waals surface area contributed by atoms with Crippen molar-refractivity contribution in [3.05, 3.63) is 51.7 Å². The molecule has 0 aliphatic heterocycles. The normalized spacial score (nSPS) is 18.3. The minimum Gasteiger partial charge on any atom is -0.390 e. The van der Waals surface area contributed by atoms with Gasteiger partial charge in [0.1, 0.15) is 40.2 Å². The molecule has 0 bridgehead atoms. The molecule has 0 amide bonds. The Morgan fingerprint density at radius 3 is 2.41 bits per heavy atom. The molecule has 0 aromatic carbocycles. The third-order valence-electron chi connectivity index (χ3n) is 6.93. The molecule has 10 heteroatoms. The second-order valence-electron chi connectivity index (χ2n) is 10.5. The van der Waals surface area contributed by atoms with Crippen molar-refractivity contribution in [3.63, 3.8) is 0 Å². The number of oxime groups is 1. The van der Waals surface area contributed by atoms with Gasteiger partial charge < -0.3 is 14.3 Å². The van der Waals surface area contributed by atoms with E-state index in [9.17, 15) is 15.3 Å². The van der Waals surface area contributed by atoms with Crippen molar-refractivity contribution in [2.45, 2.75) is 58.1 Å². The molecule has 1 aliphatic carbocycles. The van der Waals surface area contributed by atoms with E-state index in [1.807, 2.05) is 50.5 Å². The van der Waals surface area contributed by atoms with Crippen LogP contribution in [0.25, 0.3) is 11.0 Å².